The van der Waals surface area contributed by atoms with E-state index < -0.39 is 5.60 Å². The highest BCUT2D eigenvalue weighted by molar-refractivity contribution is 5.79. The van der Waals surface area contributed by atoms with E-state index in [2.05, 4.69) is 40.7 Å². The molecule has 8 heteroatoms. The van der Waals surface area contributed by atoms with E-state index in [4.69, 9.17) is 14.2 Å². The van der Waals surface area contributed by atoms with Crippen LogP contribution in [-0.4, -0.2) is 69.6 Å². The fraction of sp³-hybridized carbons (Fsp3) is 0.652. The molecule has 1 amide bonds. The van der Waals surface area contributed by atoms with E-state index in [0.29, 0.717) is 38.1 Å². The Morgan fingerprint density at radius 1 is 1.32 bits per heavy atom. The minimum Gasteiger partial charge on any atom is -0.493 e. The maximum Gasteiger partial charge on any atom is 0.410 e. The van der Waals surface area contributed by atoms with Crippen LogP contribution >= 0.6 is 0 Å². The van der Waals surface area contributed by atoms with Gasteiger partial charge in [-0.3, -0.25) is 4.99 Å². The average Bonchev–Trinajstić information content (AvgIpc) is 3.22. The molecule has 8 nitrogen and oxygen atoms in total. The molecule has 31 heavy (non-hydrogen) atoms. The monoisotopic (exact) mass is 434 g/mol. The third-order valence-electron chi connectivity index (χ3n) is 4.84. The molecule has 2 rings (SSSR count). The summed E-state index contributed by atoms with van der Waals surface area (Å²) in [5.41, 5.74) is 1.72. The summed E-state index contributed by atoms with van der Waals surface area (Å²) in [6.07, 6.45) is 0.708. The Kier molecular flexibility index (Phi) is 9.43. The molecule has 0 saturated carbocycles. The van der Waals surface area contributed by atoms with Crippen LogP contribution in [-0.2, 0) is 16.0 Å². The van der Waals surface area contributed by atoms with Crippen molar-refractivity contribution in [2.75, 3.05) is 47.0 Å². The molecule has 0 bridgehead atoms. The number of amides is 1. The van der Waals surface area contributed by atoms with Crippen LogP contribution < -0.4 is 15.4 Å². The highest BCUT2D eigenvalue weighted by Gasteiger charge is 2.19. The number of aliphatic imine (C=N–C) groups is 1. The van der Waals surface area contributed by atoms with Crippen molar-refractivity contribution in [2.45, 2.75) is 46.3 Å². The highest BCUT2D eigenvalue weighted by Crippen LogP contribution is 2.22. The minimum absolute atomic E-state index is 0.341. The summed E-state index contributed by atoms with van der Waals surface area (Å²) in [5.74, 6) is 2.01. The lowest BCUT2D eigenvalue weighted by molar-refractivity contribution is 0.0302. The Hall–Kier alpha value is -2.48. The van der Waals surface area contributed by atoms with Gasteiger partial charge in [0, 0.05) is 51.8 Å². The van der Waals surface area contributed by atoms with Gasteiger partial charge in [-0.1, -0.05) is 12.1 Å². The van der Waals surface area contributed by atoms with Gasteiger partial charge in [0.2, 0.25) is 0 Å². The van der Waals surface area contributed by atoms with Gasteiger partial charge >= 0.3 is 6.09 Å². The number of carbonyl (C=O) groups is 1. The van der Waals surface area contributed by atoms with Gasteiger partial charge in [-0.05, 0) is 45.7 Å². The van der Waals surface area contributed by atoms with Crippen molar-refractivity contribution >= 4 is 12.1 Å². The van der Waals surface area contributed by atoms with Crippen molar-refractivity contribution in [3.8, 4) is 5.75 Å². The van der Waals surface area contributed by atoms with Crippen LogP contribution in [0.1, 0.15) is 38.3 Å². The molecule has 1 aliphatic rings. The van der Waals surface area contributed by atoms with Crippen LogP contribution in [0, 0.1) is 12.8 Å². The van der Waals surface area contributed by atoms with Crippen molar-refractivity contribution in [3.63, 3.8) is 0 Å². The third-order valence-corrected chi connectivity index (χ3v) is 4.84. The Morgan fingerprint density at radius 2 is 2.10 bits per heavy atom. The molecule has 0 spiro atoms. The number of aryl methyl sites for hydroxylation is 1. The van der Waals surface area contributed by atoms with Gasteiger partial charge < -0.3 is 29.7 Å². The first-order valence-electron chi connectivity index (χ1n) is 10.9. The molecule has 0 aliphatic carbocycles. The summed E-state index contributed by atoms with van der Waals surface area (Å²) >= 11 is 0. The zero-order chi connectivity index (χ0) is 22.9. The number of nitrogens with zero attached hydrogens (tertiary/aromatic N) is 2. The lowest BCUT2D eigenvalue weighted by atomic mass is 10.1. The third kappa shape index (κ3) is 9.04. The Morgan fingerprint density at radius 3 is 2.74 bits per heavy atom. The van der Waals surface area contributed by atoms with Gasteiger partial charge in [0.1, 0.15) is 11.4 Å². The quantitative estimate of drug-likeness (QED) is 0.483. The number of guanidine groups is 1. The van der Waals surface area contributed by atoms with E-state index in [1.54, 1.807) is 19.0 Å². The smallest absolute Gasteiger partial charge is 0.410 e. The first-order chi connectivity index (χ1) is 14.7. The molecule has 0 radical (unpaired) electrons. The lowest BCUT2D eigenvalue weighted by Gasteiger charge is -2.25. The number of ether oxygens (including phenoxy) is 3. The van der Waals surface area contributed by atoms with Crippen LogP contribution in [0.25, 0.3) is 0 Å². The minimum atomic E-state index is -0.505. The van der Waals surface area contributed by atoms with E-state index in [1.807, 2.05) is 20.8 Å². The van der Waals surface area contributed by atoms with Crippen LogP contribution in [0.2, 0.25) is 0 Å². The second-order valence-electron chi connectivity index (χ2n) is 8.91. The van der Waals surface area contributed by atoms with Gasteiger partial charge in [-0.15, -0.1) is 0 Å². The van der Waals surface area contributed by atoms with Crippen molar-refractivity contribution in [3.05, 3.63) is 29.3 Å². The molecule has 1 aliphatic heterocycles. The molecule has 1 aromatic rings. The molecular weight excluding hydrogens is 396 g/mol. The predicted molar refractivity (Wildman–Crippen MR) is 123 cm³/mol. The van der Waals surface area contributed by atoms with Crippen LogP contribution in [0.4, 0.5) is 4.79 Å². The topological polar surface area (TPSA) is 84.4 Å². The predicted octanol–water partition coefficient (Wildman–Crippen LogP) is 2.94. The number of rotatable bonds is 8. The van der Waals surface area contributed by atoms with E-state index in [0.717, 1.165) is 36.5 Å². The van der Waals surface area contributed by atoms with E-state index in [-0.39, 0.29) is 6.09 Å². The van der Waals surface area contributed by atoms with Crippen LogP contribution in [0.15, 0.2) is 23.2 Å². The summed E-state index contributed by atoms with van der Waals surface area (Å²) in [6, 6.07) is 6.22. The normalized spacial score (nSPS) is 16.7. The Bertz CT molecular complexity index is 740. The Labute approximate surface area is 186 Å². The SMILES string of the molecule is CN=C(NCCN(C)C(=O)OC(C)(C)C)NCc1ccc(C)cc1OCC1CCOC1. The van der Waals surface area contributed by atoms with E-state index in [1.165, 1.54) is 0 Å². The zero-order valence-electron chi connectivity index (χ0n) is 19.8. The van der Waals surface area contributed by atoms with E-state index in [9.17, 15) is 4.79 Å². The van der Waals surface area contributed by atoms with Gasteiger partial charge in [-0.25, -0.2) is 4.79 Å². The first-order valence-corrected chi connectivity index (χ1v) is 10.9. The zero-order valence-corrected chi connectivity index (χ0v) is 19.8. The second-order valence-corrected chi connectivity index (χ2v) is 8.91. The summed E-state index contributed by atoms with van der Waals surface area (Å²) in [5, 5.41) is 6.54. The molecule has 174 valence electrons. The summed E-state index contributed by atoms with van der Waals surface area (Å²) in [7, 11) is 3.44. The van der Waals surface area contributed by atoms with Crippen molar-refractivity contribution in [1.29, 1.82) is 0 Å². The number of hydrogen-bond acceptors (Lipinski definition) is 5. The fourth-order valence-electron chi connectivity index (χ4n) is 3.04. The van der Waals surface area contributed by atoms with Gasteiger partial charge in [-0.2, -0.15) is 0 Å². The molecule has 1 saturated heterocycles. The van der Waals surface area contributed by atoms with E-state index >= 15 is 0 Å². The molecule has 1 fully saturated rings. The number of likely N-dealkylation sites (N-methyl/N-ethyl adjacent to an activating group) is 1. The standard InChI is InChI=1S/C23H38N4O4/c1-17-7-8-19(20(13-17)30-16-18-9-12-29-15-18)14-26-21(24-5)25-10-11-27(6)22(28)31-23(2,3)4/h7-8,13,18H,9-12,14-16H2,1-6H3,(H2,24,25,26). The maximum absolute atomic E-state index is 12.0. The van der Waals surface area contributed by atoms with Crippen molar-refractivity contribution in [2.24, 2.45) is 10.9 Å². The van der Waals surface area contributed by atoms with Gasteiger partial charge in [0.25, 0.3) is 0 Å². The Balaban J connectivity index is 1.81. The maximum atomic E-state index is 12.0. The number of nitrogens with one attached hydrogen (secondary N) is 2. The molecule has 1 unspecified atom stereocenters. The second kappa shape index (κ2) is 11.8. The number of benzene rings is 1. The van der Waals surface area contributed by atoms with Crippen molar-refractivity contribution in [1.82, 2.24) is 15.5 Å². The van der Waals surface area contributed by atoms with Crippen molar-refractivity contribution < 1.29 is 19.0 Å². The van der Waals surface area contributed by atoms with Crippen LogP contribution in [0.3, 0.4) is 0 Å². The molecule has 1 aromatic carbocycles. The summed E-state index contributed by atoms with van der Waals surface area (Å²) in [6.45, 7) is 11.5. The largest absolute Gasteiger partial charge is 0.493 e. The summed E-state index contributed by atoms with van der Waals surface area (Å²) in [4.78, 5) is 17.9. The lowest BCUT2D eigenvalue weighted by Crippen LogP contribution is -2.42. The molecule has 1 heterocycles. The van der Waals surface area contributed by atoms with Gasteiger partial charge in [0.05, 0.1) is 13.2 Å². The number of carbonyl (C=O) groups excluding carboxylic acids is 1. The van der Waals surface area contributed by atoms with Gasteiger partial charge in [0.15, 0.2) is 5.96 Å². The fourth-order valence-corrected chi connectivity index (χ4v) is 3.04. The molecule has 0 aromatic heterocycles. The molecule has 1 atom stereocenters. The summed E-state index contributed by atoms with van der Waals surface area (Å²) < 4.78 is 16.9. The average molecular weight is 435 g/mol. The van der Waals surface area contributed by atoms with Crippen LogP contribution in [0.5, 0.6) is 5.75 Å². The first kappa shape index (κ1) is 24.8. The number of hydrogen-bond donors (Lipinski definition) is 2. The molecular formula is C23H38N4O4. The molecule has 2 N–H and O–H groups in total. The highest BCUT2D eigenvalue weighted by atomic mass is 16.6.